The van der Waals surface area contributed by atoms with Gasteiger partial charge in [-0.2, -0.15) is 0 Å². The summed E-state index contributed by atoms with van der Waals surface area (Å²) in [7, 11) is 0. The normalized spacial score (nSPS) is 16.6. The van der Waals surface area contributed by atoms with Crippen LogP contribution in [0.4, 0.5) is 14.5 Å². The zero-order valence-corrected chi connectivity index (χ0v) is 10.8. The van der Waals surface area contributed by atoms with E-state index in [1.54, 1.807) is 0 Å². The number of hydrogen-bond acceptors (Lipinski definition) is 2. The number of ether oxygens (including phenoxy) is 1. The predicted molar refractivity (Wildman–Crippen MR) is 67.1 cm³/mol. The van der Waals surface area contributed by atoms with Crippen LogP contribution in [-0.2, 0) is 9.16 Å². The molecule has 0 unspecified atom stereocenters. The number of rotatable bonds is 2. The predicted octanol–water partition coefficient (Wildman–Crippen LogP) is 2.74. The molecule has 0 atom stereocenters. The first-order valence-corrected chi connectivity index (χ1v) is 6.61. The molecule has 0 bridgehead atoms. The number of hydrogen-bond donors (Lipinski definition) is 0. The number of benzene rings is 1. The molecule has 1 aliphatic rings. The van der Waals surface area contributed by atoms with Crippen molar-refractivity contribution in [3.63, 3.8) is 0 Å². The number of anilines is 1. The molecule has 0 spiro atoms. The number of morpholine rings is 1. The molecule has 88 valence electrons. The van der Waals surface area contributed by atoms with E-state index in [2.05, 4.69) is 0 Å². The minimum atomic E-state index is -0.352. The van der Waals surface area contributed by atoms with Gasteiger partial charge in [0.15, 0.2) is 0 Å². The lowest BCUT2D eigenvalue weighted by Gasteiger charge is -2.29. The number of alkyl halides is 1. The average Bonchev–Trinajstić information content (AvgIpc) is 2.32. The van der Waals surface area contributed by atoms with E-state index in [9.17, 15) is 8.78 Å². The van der Waals surface area contributed by atoms with Crippen LogP contribution in [0, 0.1) is 11.6 Å². The van der Waals surface area contributed by atoms with Crippen LogP contribution in [0.5, 0.6) is 0 Å². The van der Waals surface area contributed by atoms with Crippen molar-refractivity contribution in [3.8, 4) is 0 Å². The molecule has 0 amide bonds. The summed E-state index contributed by atoms with van der Waals surface area (Å²) in [5, 5.41) is 0. The van der Waals surface area contributed by atoms with Gasteiger partial charge < -0.3 is 9.64 Å². The molecule has 0 N–H and O–H groups in total. The smallest absolute Gasteiger partial charge is 0.147 e. The fraction of sp³-hybridized carbons (Fsp3) is 0.455. The van der Waals surface area contributed by atoms with Gasteiger partial charge in [-0.05, 0) is 6.07 Å². The summed E-state index contributed by atoms with van der Waals surface area (Å²) < 4.78 is 33.0. The van der Waals surface area contributed by atoms with Gasteiger partial charge >= 0.3 is 0 Å². The Morgan fingerprint density at radius 1 is 1.19 bits per heavy atom. The van der Waals surface area contributed by atoms with Gasteiger partial charge in [0.1, 0.15) is 11.6 Å². The van der Waals surface area contributed by atoms with E-state index >= 15 is 0 Å². The van der Waals surface area contributed by atoms with Crippen LogP contribution in [-0.4, -0.2) is 26.3 Å². The van der Waals surface area contributed by atoms with Crippen molar-refractivity contribution in [3.05, 3.63) is 29.3 Å². The van der Waals surface area contributed by atoms with Crippen molar-refractivity contribution < 1.29 is 13.5 Å². The van der Waals surface area contributed by atoms with E-state index in [-0.39, 0.29) is 11.6 Å². The van der Waals surface area contributed by atoms with Crippen LogP contribution in [0.2, 0.25) is 0 Å². The van der Waals surface area contributed by atoms with Gasteiger partial charge in [-0.15, -0.1) is 0 Å². The van der Waals surface area contributed by atoms with Gasteiger partial charge in [0.25, 0.3) is 0 Å². The molecular weight excluding hydrogens is 327 g/mol. The van der Waals surface area contributed by atoms with Crippen molar-refractivity contribution in [2.24, 2.45) is 0 Å². The van der Waals surface area contributed by atoms with Crippen LogP contribution in [0.15, 0.2) is 12.1 Å². The monoisotopic (exact) mass is 339 g/mol. The lowest BCUT2D eigenvalue weighted by atomic mass is 10.2. The number of halogens is 3. The second-order valence-corrected chi connectivity index (χ2v) is 4.39. The summed E-state index contributed by atoms with van der Waals surface area (Å²) in [4.78, 5) is 1.82. The summed E-state index contributed by atoms with van der Waals surface area (Å²) in [6.07, 6.45) is 0. The Hall–Kier alpha value is -0.430. The molecule has 2 nitrogen and oxygen atoms in total. The quantitative estimate of drug-likeness (QED) is 0.607. The van der Waals surface area contributed by atoms with Crippen molar-refractivity contribution in [2.45, 2.75) is 4.43 Å². The molecule has 1 aliphatic heterocycles. The lowest BCUT2D eigenvalue weighted by molar-refractivity contribution is 0.122. The van der Waals surface area contributed by atoms with Crippen LogP contribution >= 0.6 is 22.6 Å². The Morgan fingerprint density at radius 2 is 1.88 bits per heavy atom. The van der Waals surface area contributed by atoms with Crippen LogP contribution in [0.1, 0.15) is 5.56 Å². The van der Waals surface area contributed by atoms with Gasteiger partial charge in [-0.25, -0.2) is 8.78 Å². The number of nitrogens with zero attached hydrogens (tertiary/aromatic N) is 1. The molecule has 0 aromatic heterocycles. The molecule has 0 saturated carbocycles. The SMILES string of the molecule is Fc1cc(N2CCOCC2)c(F)cc1CI. The highest BCUT2D eigenvalue weighted by atomic mass is 127. The second-order valence-electron chi connectivity index (χ2n) is 3.63. The van der Waals surface area contributed by atoms with E-state index in [1.165, 1.54) is 12.1 Å². The van der Waals surface area contributed by atoms with Crippen LogP contribution in [0.25, 0.3) is 0 Å². The Bertz CT molecular complexity index is 380. The molecule has 5 heteroatoms. The van der Waals surface area contributed by atoms with Gasteiger partial charge in [-0.3, -0.25) is 0 Å². The highest BCUT2D eigenvalue weighted by Crippen LogP contribution is 2.25. The summed E-state index contributed by atoms with van der Waals surface area (Å²) in [5.74, 6) is -0.688. The molecule has 1 aromatic rings. The fourth-order valence-electron chi connectivity index (χ4n) is 1.73. The van der Waals surface area contributed by atoms with Crippen molar-refractivity contribution >= 4 is 28.3 Å². The molecule has 1 aromatic carbocycles. The van der Waals surface area contributed by atoms with E-state index in [1.807, 2.05) is 27.5 Å². The molecular formula is C11H12F2INO. The minimum absolute atomic E-state index is 0.336. The van der Waals surface area contributed by atoms with E-state index in [0.717, 1.165) is 0 Å². The molecule has 0 aliphatic carbocycles. The summed E-state index contributed by atoms with van der Waals surface area (Å²) in [6.45, 7) is 2.35. The van der Waals surface area contributed by atoms with Gasteiger partial charge in [-0.1, -0.05) is 22.6 Å². The zero-order valence-electron chi connectivity index (χ0n) is 8.68. The maximum Gasteiger partial charge on any atom is 0.147 e. The van der Waals surface area contributed by atoms with Crippen molar-refractivity contribution in [1.82, 2.24) is 0 Å². The Kier molecular flexibility index (Phi) is 3.96. The lowest BCUT2D eigenvalue weighted by Crippen LogP contribution is -2.36. The summed E-state index contributed by atoms with van der Waals surface area (Å²) >= 11 is 2.02. The molecule has 2 rings (SSSR count). The van der Waals surface area contributed by atoms with E-state index in [4.69, 9.17) is 4.74 Å². The summed E-state index contributed by atoms with van der Waals surface area (Å²) in [5.41, 5.74) is 0.754. The largest absolute Gasteiger partial charge is 0.378 e. The maximum absolute atomic E-state index is 13.7. The molecule has 1 fully saturated rings. The molecule has 1 saturated heterocycles. The standard InChI is InChI=1S/C11H12F2INO/c12-9-6-11(10(13)5-8(9)7-14)15-1-3-16-4-2-15/h5-6H,1-4,7H2. The molecule has 1 heterocycles. The first kappa shape index (κ1) is 12.0. The highest BCUT2D eigenvalue weighted by molar-refractivity contribution is 14.1. The second kappa shape index (κ2) is 5.27. The van der Waals surface area contributed by atoms with Crippen molar-refractivity contribution in [1.29, 1.82) is 0 Å². The third-order valence-electron chi connectivity index (χ3n) is 2.61. The first-order valence-electron chi connectivity index (χ1n) is 5.09. The Morgan fingerprint density at radius 3 is 2.50 bits per heavy atom. The highest BCUT2D eigenvalue weighted by Gasteiger charge is 2.17. The maximum atomic E-state index is 13.7. The zero-order chi connectivity index (χ0) is 11.5. The Balaban J connectivity index is 2.29. The molecule has 16 heavy (non-hydrogen) atoms. The third-order valence-corrected chi connectivity index (χ3v) is 3.43. The molecule has 0 radical (unpaired) electrons. The van der Waals surface area contributed by atoms with Crippen LogP contribution in [0.3, 0.4) is 0 Å². The fourth-order valence-corrected chi connectivity index (χ4v) is 2.31. The average molecular weight is 339 g/mol. The topological polar surface area (TPSA) is 12.5 Å². The van der Waals surface area contributed by atoms with E-state index in [0.29, 0.717) is 42.0 Å². The first-order chi connectivity index (χ1) is 7.72. The van der Waals surface area contributed by atoms with Crippen molar-refractivity contribution in [2.75, 3.05) is 31.2 Å². The summed E-state index contributed by atoms with van der Waals surface area (Å²) in [6, 6.07) is 2.57. The Labute approximate surface area is 107 Å². The van der Waals surface area contributed by atoms with Gasteiger partial charge in [0.05, 0.1) is 18.9 Å². The van der Waals surface area contributed by atoms with E-state index < -0.39 is 0 Å². The van der Waals surface area contributed by atoms with Gasteiger partial charge in [0.2, 0.25) is 0 Å². The van der Waals surface area contributed by atoms with Gasteiger partial charge in [0, 0.05) is 29.1 Å². The third kappa shape index (κ3) is 2.45. The minimum Gasteiger partial charge on any atom is -0.378 e. The van der Waals surface area contributed by atoms with Crippen LogP contribution < -0.4 is 4.90 Å².